The third-order valence-electron chi connectivity index (χ3n) is 1.92. The Morgan fingerprint density at radius 2 is 2.33 bits per heavy atom. The van der Waals surface area contributed by atoms with Gasteiger partial charge in [0.05, 0.1) is 16.6 Å². The molecule has 1 heterocycles. The summed E-state index contributed by atoms with van der Waals surface area (Å²) in [5.41, 5.74) is 0.949. The van der Waals surface area contributed by atoms with Crippen molar-refractivity contribution < 1.29 is 4.79 Å². The lowest BCUT2D eigenvalue weighted by Crippen LogP contribution is -2.02. The van der Waals surface area contributed by atoms with E-state index in [1.165, 1.54) is 0 Å². The fourth-order valence-electron chi connectivity index (χ4n) is 1.25. The van der Waals surface area contributed by atoms with Crippen LogP contribution >= 0.6 is 39.9 Å². The van der Waals surface area contributed by atoms with Crippen molar-refractivity contribution in [3.63, 3.8) is 0 Å². The fourth-order valence-corrected chi connectivity index (χ4v) is 2.91. The number of carbonyl (C=O) groups excluding carboxylic acids is 1. The quantitative estimate of drug-likeness (QED) is 0.883. The Morgan fingerprint density at radius 1 is 1.53 bits per heavy atom. The van der Waals surface area contributed by atoms with Gasteiger partial charge < -0.3 is 0 Å². The average molecular weight is 302 g/mol. The molecule has 0 aliphatic rings. The molecular weight excluding hydrogens is 294 g/mol. The molecule has 0 aliphatic heterocycles. The summed E-state index contributed by atoms with van der Waals surface area (Å²) in [6.45, 7) is 0. The molecule has 0 aliphatic carbocycles. The van der Waals surface area contributed by atoms with Crippen LogP contribution in [0.4, 0.5) is 0 Å². The number of fused-ring (bicyclic) bond motifs is 1. The van der Waals surface area contributed by atoms with Crippen LogP contribution in [0.25, 0.3) is 10.2 Å². The topological polar surface area (TPSA) is 30.0 Å². The van der Waals surface area contributed by atoms with Crippen LogP contribution in [0.1, 0.15) is 5.01 Å². The van der Waals surface area contributed by atoms with E-state index in [1.54, 1.807) is 11.3 Å². The summed E-state index contributed by atoms with van der Waals surface area (Å²) in [6.07, 6.45) is 0.389. The van der Waals surface area contributed by atoms with Crippen molar-refractivity contribution in [1.82, 2.24) is 4.98 Å². The summed E-state index contributed by atoms with van der Waals surface area (Å²) in [5.74, 6) is 0.385. The number of aromatic nitrogens is 1. The summed E-state index contributed by atoms with van der Waals surface area (Å²) >= 11 is 8.91. The monoisotopic (exact) mass is 301 g/mol. The maximum Gasteiger partial charge on any atom is 0.149 e. The van der Waals surface area contributed by atoms with Crippen molar-refractivity contribution in [3.05, 3.63) is 27.7 Å². The second-order valence-electron chi connectivity index (χ2n) is 3.09. The lowest BCUT2D eigenvalue weighted by Gasteiger charge is -1.89. The number of halogens is 1. The molecule has 0 spiro atoms. The van der Waals surface area contributed by atoms with E-state index in [4.69, 9.17) is 0 Å². The molecule has 0 radical (unpaired) electrons. The van der Waals surface area contributed by atoms with Crippen LogP contribution in [0.3, 0.4) is 0 Å². The summed E-state index contributed by atoms with van der Waals surface area (Å²) in [6, 6.07) is 5.92. The first-order valence-electron chi connectivity index (χ1n) is 4.36. The molecule has 0 N–H and O–H groups in total. The zero-order chi connectivity index (χ0) is 10.8. The maximum absolute atomic E-state index is 11.2. The fraction of sp³-hybridized carbons (Fsp3) is 0.200. The Balaban J connectivity index is 2.34. The zero-order valence-corrected chi connectivity index (χ0v) is 11.0. The first-order valence-corrected chi connectivity index (χ1v) is 6.61. The van der Waals surface area contributed by atoms with Gasteiger partial charge in [-0.25, -0.2) is 4.98 Å². The van der Waals surface area contributed by atoms with Gasteiger partial charge in [-0.05, 0) is 18.2 Å². The highest BCUT2D eigenvalue weighted by Crippen LogP contribution is 2.25. The van der Waals surface area contributed by atoms with Crippen LogP contribution in [0.2, 0.25) is 0 Å². The van der Waals surface area contributed by atoms with Crippen LogP contribution < -0.4 is 0 Å². The number of thiol groups is 1. The van der Waals surface area contributed by atoms with E-state index in [0.29, 0.717) is 6.42 Å². The SMILES string of the molecule is O=C(CS)Cc1nc2ccc(Br)cc2s1. The Hall–Kier alpha value is -0.390. The van der Waals surface area contributed by atoms with Crippen LogP contribution in [0.15, 0.2) is 22.7 Å². The number of ketones is 1. The van der Waals surface area contributed by atoms with Crippen molar-refractivity contribution in [2.75, 3.05) is 5.75 Å². The summed E-state index contributed by atoms with van der Waals surface area (Å²) in [4.78, 5) is 15.6. The molecule has 1 aromatic heterocycles. The smallest absolute Gasteiger partial charge is 0.149 e. The van der Waals surface area contributed by atoms with Crippen molar-refractivity contribution in [1.29, 1.82) is 0 Å². The predicted octanol–water partition coefficient (Wildman–Crippen LogP) is 3.10. The zero-order valence-electron chi connectivity index (χ0n) is 7.74. The molecule has 0 fully saturated rings. The largest absolute Gasteiger partial charge is 0.298 e. The molecular formula is C10H8BrNOS2. The highest BCUT2D eigenvalue weighted by molar-refractivity contribution is 9.10. The molecule has 2 rings (SSSR count). The first kappa shape index (κ1) is 11.1. The third kappa shape index (κ3) is 2.59. The lowest BCUT2D eigenvalue weighted by molar-refractivity contribution is -0.115. The van der Waals surface area contributed by atoms with E-state index in [0.717, 1.165) is 19.7 Å². The number of hydrogen-bond acceptors (Lipinski definition) is 4. The Bertz CT molecular complexity index is 509. The molecule has 0 bridgehead atoms. The molecule has 0 saturated carbocycles. The standard InChI is InChI=1S/C10H8BrNOS2/c11-6-1-2-8-9(3-6)15-10(12-8)4-7(13)5-14/h1-3,14H,4-5H2. The van der Waals surface area contributed by atoms with Crippen molar-refractivity contribution in [3.8, 4) is 0 Å². The van der Waals surface area contributed by atoms with Crippen LogP contribution in [0, 0.1) is 0 Å². The number of Topliss-reactive ketones (excluding diaryl/α,β-unsaturated/α-hetero) is 1. The first-order chi connectivity index (χ1) is 7.19. The number of benzene rings is 1. The molecule has 5 heteroatoms. The number of thiazole rings is 1. The minimum Gasteiger partial charge on any atom is -0.298 e. The lowest BCUT2D eigenvalue weighted by atomic mass is 10.3. The number of rotatable bonds is 3. The third-order valence-corrected chi connectivity index (χ3v) is 3.78. The van der Waals surface area contributed by atoms with Crippen LogP contribution in [-0.2, 0) is 11.2 Å². The summed E-state index contributed by atoms with van der Waals surface area (Å²) in [5, 5.41) is 0.863. The van der Waals surface area contributed by atoms with Crippen LogP contribution in [-0.4, -0.2) is 16.5 Å². The van der Waals surface area contributed by atoms with E-state index < -0.39 is 0 Å². The van der Waals surface area contributed by atoms with Gasteiger partial charge in [-0.1, -0.05) is 15.9 Å². The maximum atomic E-state index is 11.2. The van der Waals surface area contributed by atoms with Gasteiger partial charge in [0.1, 0.15) is 10.8 Å². The Morgan fingerprint density at radius 3 is 3.07 bits per heavy atom. The molecule has 1 aromatic carbocycles. The van der Waals surface area contributed by atoms with Gasteiger partial charge in [0.25, 0.3) is 0 Å². The molecule has 0 amide bonds. The van der Waals surface area contributed by atoms with Gasteiger partial charge in [-0.3, -0.25) is 4.79 Å². The van der Waals surface area contributed by atoms with Crippen molar-refractivity contribution in [2.24, 2.45) is 0 Å². The average Bonchev–Trinajstić information content (AvgIpc) is 2.59. The molecule has 0 saturated heterocycles. The second kappa shape index (κ2) is 4.63. The van der Waals surface area contributed by atoms with Gasteiger partial charge in [0.2, 0.25) is 0 Å². The van der Waals surface area contributed by atoms with Gasteiger partial charge in [-0.2, -0.15) is 12.6 Å². The Labute approximate surface area is 105 Å². The highest BCUT2D eigenvalue weighted by atomic mass is 79.9. The number of nitrogens with zero attached hydrogens (tertiary/aromatic N) is 1. The summed E-state index contributed by atoms with van der Waals surface area (Å²) < 4.78 is 2.14. The minimum absolute atomic E-state index is 0.108. The molecule has 0 atom stereocenters. The molecule has 78 valence electrons. The van der Waals surface area contributed by atoms with Crippen LogP contribution in [0.5, 0.6) is 0 Å². The highest BCUT2D eigenvalue weighted by Gasteiger charge is 2.07. The molecule has 2 aromatic rings. The van der Waals surface area contributed by atoms with E-state index >= 15 is 0 Å². The minimum atomic E-state index is 0.108. The summed E-state index contributed by atoms with van der Waals surface area (Å²) in [7, 11) is 0. The second-order valence-corrected chi connectivity index (χ2v) is 5.44. The van der Waals surface area contributed by atoms with Gasteiger partial charge in [0, 0.05) is 10.2 Å². The Kier molecular flexibility index (Phi) is 3.43. The molecule has 0 unspecified atom stereocenters. The number of carbonyl (C=O) groups is 1. The number of hydrogen-bond donors (Lipinski definition) is 1. The van der Waals surface area contributed by atoms with Gasteiger partial charge in [-0.15, -0.1) is 11.3 Å². The van der Waals surface area contributed by atoms with E-state index in [1.807, 2.05) is 18.2 Å². The predicted molar refractivity (Wildman–Crippen MR) is 69.9 cm³/mol. The molecule has 15 heavy (non-hydrogen) atoms. The van der Waals surface area contributed by atoms with Gasteiger partial charge >= 0.3 is 0 Å². The van der Waals surface area contributed by atoms with Crippen molar-refractivity contribution >= 4 is 55.9 Å². The normalized spacial score (nSPS) is 10.8. The van der Waals surface area contributed by atoms with E-state index in [9.17, 15) is 4.79 Å². The van der Waals surface area contributed by atoms with E-state index in [2.05, 4.69) is 33.5 Å². The van der Waals surface area contributed by atoms with Gasteiger partial charge in [0.15, 0.2) is 0 Å². The molecule has 2 nitrogen and oxygen atoms in total. The van der Waals surface area contributed by atoms with Crippen molar-refractivity contribution in [2.45, 2.75) is 6.42 Å². The van der Waals surface area contributed by atoms with E-state index in [-0.39, 0.29) is 11.5 Å².